The van der Waals surface area contributed by atoms with Crippen LogP contribution in [-0.4, -0.2) is 34.2 Å². The molecule has 3 heterocycles. The molecule has 4 rings (SSSR count). The zero-order valence-electron chi connectivity index (χ0n) is 16.5. The molecule has 3 aromatic rings. The van der Waals surface area contributed by atoms with Crippen molar-refractivity contribution in [3.8, 4) is 11.3 Å². The Labute approximate surface area is 175 Å². The predicted molar refractivity (Wildman–Crippen MR) is 117 cm³/mol. The molecule has 2 aromatic heterocycles. The van der Waals surface area contributed by atoms with E-state index in [1.807, 2.05) is 50.2 Å². The first-order valence-corrected chi connectivity index (χ1v) is 10.2. The van der Waals surface area contributed by atoms with Crippen LogP contribution in [0.5, 0.6) is 0 Å². The average molecular weight is 410 g/mol. The molecule has 6 nitrogen and oxygen atoms in total. The summed E-state index contributed by atoms with van der Waals surface area (Å²) < 4.78 is 1.77. The molecule has 1 fully saturated rings. The zero-order chi connectivity index (χ0) is 20.4. The Hall–Kier alpha value is -2.70. The number of aromatic nitrogens is 3. The smallest absolute Gasteiger partial charge is 0.255 e. The molecule has 1 aliphatic heterocycles. The highest BCUT2D eigenvalue weighted by Gasteiger charge is 2.25. The fourth-order valence-electron chi connectivity index (χ4n) is 3.71. The first kappa shape index (κ1) is 19.6. The summed E-state index contributed by atoms with van der Waals surface area (Å²) in [6.45, 7) is 6.33. The molecule has 1 atom stereocenters. The monoisotopic (exact) mass is 409 g/mol. The molecule has 150 valence electrons. The fourth-order valence-corrected chi connectivity index (χ4v) is 3.83. The van der Waals surface area contributed by atoms with Crippen molar-refractivity contribution in [1.29, 1.82) is 0 Å². The summed E-state index contributed by atoms with van der Waals surface area (Å²) in [5, 5.41) is 4.28. The van der Waals surface area contributed by atoms with Crippen molar-refractivity contribution in [2.24, 2.45) is 0 Å². The van der Waals surface area contributed by atoms with Crippen LogP contribution in [0.15, 0.2) is 59.7 Å². The van der Waals surface area contributed by atoms with Gasteiger partial charge in [0.05, 0.1) is 5.69 Å². The van der Waals surface area contributed by atoms with E-state index in [-0.39, 0.29) is 17.6 Å². The Balaban J connectivity index is 1.73. The van der Waals surface area contributed by atoms with Crippen molar-refractivity contribution in [3.63, 3.8) is 0 Å². The largest absolute Gasteiger partial charge is 0.339 e. The van der Waals surface area contributed by atoms with Gasteiger partial charge in [-0.2, -0.15) is 0 Å². The molecule has 0 bridgehead atoms. The predicted octanol–water partition coefficient (Wildman–Crippen LogP) is 3.69. The molecule has 0 aliphatic carbocycles. The number of benzene rings is 1. The van der Waals surface area contributed by atoms with E-state index in [2.05, 4.69) is 15.2 Å². The lowest BCUT2D eigenvalue weighted by Gasteiger charge is -2.36. The van der Waals surface area contributed by atoms with Crippen molar-refractivity contribution in [3.05, 3.63) is 75.8 Å². The van der Waals surface area contributed by atoms with Crippen LogP contribution in [0.3, 0.4) is 0 Å². The Morgan fingerprint density at radius 1 is 1.14 bits per heavy atom. The zero-order valence-corrected chi connectivity index (χ0v) is 17.3. The third-order valence-electron chi connectivity index (χ3n) is 5.16. The van der Waals surface area contributed by atoms with Crippen molar-refractivity contribution in [2.75, 3.05) is 24.5 Å². The van der Waals surface area contributed by atoms with Gasteiger partial charge in [-0.05, 0) is 43.7 Å². The molecule has 0 unspecified atom stereocenters. The number of rotatable bonds is 4. The molecule has 1 saturated heterocycles. The van der Waals surface area contributed by atoms with Crippen LogP contribution < -0.4 is 15.8 Å². The summed E-state index contributed by atoms with van der Waals surface area (Å²) in [5.74, 6) is 0.708. The maximum Gasteiger partial charge on any atom is 0.255 e. The van der Waals surface area contributed by atoms with E-state index in [4.69, 9.17) is 16.6 Å². The van der Waals surface area contributed by atoms with Gasteiger partial charge in [-0.25, -0.2) is 4.98 Å². The van der Waals surface area contributed by atoms with Crippen LogP contribution in [0.2, 0.25) is 5.02 Å². The van der Waals surface area contributed by atoms with Gasteiger partial charge in [-0.15, -0.1) is 0 Å². The second kappa shape index (κ2) is 8.35. The van der Waals surface area contributed by atoms with Crippen molar-refractivity contribution < 1.29 is 0 Å². The van der Waals surface area contributed by atoms with Crippen LogP contribution in [0.1, 0.15) is 31.5 Å². The molecule has 0 amide bonds. The summed E-state index contributed by atoms with van der Waals surface area (Å²) in [5.41, 5.74) is 2.69. The molecule has 29 heavy (non-hydrogen) atoms. The summed E-state index contributed by atoms with van der Waals surface area (Å²) in [6.07, 6.45) is 3.43. The van der Waals surface area contributed by atoms with Crippen LogP contribution in [0.4, 0.5) is 5.95 Å². The topological polar surface area (TPSA) is 63.1 Å². The lowest BCUT2D eigenvalue weighted by Crippen LogP contribution is -2.48. The number of pyridine rings is 1. The van der Waals surface area contributed by atoms with Gasteiger partial charge in [0.25, 0.3) is 5.56 Å². The first-order valence-electron chi connectivity index (χ1n) is 9.80. The molecular formula is C22H24ClN5O. The molecule has 0 spiro atoms. The van der Waals surface area contributed by atoms with E-state index < -0.39 is 0 Å². The minimum absolute atomic E-state index is 0.0142. The average Bonchev–Trinajstić information content (AvgIpc) is 2.74. The van der Waals surface area contributed by atoms with Crippen LogP contribution in [0, 0.1) is 0 Å². The first-order chi connectivity index (χ1) is 14.0. The summed E-state index contributed by atoms with van der Waals surface area (Å²) in [4.78, 5) is 24.1. The maximum atomic E-state index is 13.0. The fraction of sp³-hybridized carbons (Fsp3) is 0.318. The lowest BCUT2D eigenvalue weighted by atomic mass is 10.0. The lowest BCUT2D eigenvalue weighted by molar-refractivity contribution is 0.452. The van der Waals surface area contributed by atoms with E-state index in [1.165, 1.54) is 5.56 Å². The maximum absolute atomic E-state index is 13.0. The molecule has 1 aromatic carbocycles. The molecular weight excluding hydrogens is 386 g/mol. The summed E-state index contributed by atoms with van der Waals surface area (Å²) in [6, 6.07) is 13.4. The second-order valence-electron chi connectivity index (χ2n) is 7.48. The molecule has 0 radical (unpaired) electrons. The van der Waals surface area contributed by atoms with Crippen molar-refractivity contribution >= 4 is 17.5 Å². The van der Waals surface area contributed by atoms with E-state index in [9.17, 15) is 4.79 Å². The number of anilines is 1. The van der Waals surface area contributed by atoms with Gasteiger partial charge in [-0.1, -0.05) is 23.7 Å². The molecule has 0 saturated carbocycles. The Morgan fingerprint density at radius 2 is 1.86 bits per heavy atom. The third kappa shape index (κ3) is 4.18. The standard InChI is InChI=1S/C22H24ClN5O/c1-15(2)28-21(29)13-19(17-7-9-24-10-8-17)26-22(28)27-12-11-25-20(14-27)16-3-5-18(23)6-4-16/h3-10,13,15,20,25H,11-12,14H2,1-2H3/t20-/m1/s1. The van der Waals surface area contributed by atoms with E-state index in [0.29, 0.717) is 11.6 Å². The third-order valence-corrected chi connectivity index (χ3v) is 5.41. The van der Waals surface area contributed by atoms with Gasteiger partial charge in [-0.3, -0.25) is 14.3 Å². The quantitative estimate of drug-likeness (QED) is 0.712. The summed E-state index contributed by atoms with van der Waals surface area (Å²) >= 11 is 6.04. The number of halogens is 1. The summed E-state index contributed by atoms with van der Waals surface area (Å²) in [7, 11) is 0. The Bertz CT molecular complexity index is 1030. The van der Waals surface area contributed by atoms with E-state index in [1.54, 1.807) is 23.0 Å². The number of piperazine rings is 1. The highest BCUT2D eigenvalue weighted by atomic mass is 35.5. The van der Waals surface area contributed by atoms with E-state index in [0.717, 1.165) is 30.2 Å². The number of hydrogen-bond acceptors (Lipinski definition) is 5. The normalized spacial score (nSPS) is 17.0. The SMILES string of the molecule is CC(C)n1c(N2CCN[C@@H](c3ccc(Cl)cc3)C2)nc(-c2ccncc2)cc1=O. The van der Waals surface area contributed by atoms with Crippen molar-refractivity contribution in [2.45, 2.75) is 25.9 Å². The van der Waals surface area contributed by atoms with Gasteiger partial charge in [0.1, 0.15) is 0 Å². The van der Waals surface area contributed by atoms with Crippen LogP contribution in [-0.2, 0) is 0 Å². The van der Waals surface area contributed by atoms with Crippen LogP contribution >= 0.6 is 11.6 Å². The molecule has 7 heteroatoms. The van der Waals surface area contributed by atoms with Gasteiger partial charge >= 0.3 is 0 Å². The van der Waals surface area contributed by atoms with Gasteiger partial charge in [0, 0.05) is 60.8 Å². The van der Waals surface area contributed by atoms with Crippen LogP contribution in [0.25, 0.3) is 11.3 Å². The highest BCUT2D eigenvalue weighted by Crippen LogP contribution is 2.25. The number of nitrogens with zero attached hydrogens (tertiary/aromatic N) is 4. The second-order valence-corrected chi connectivity index (χ2v) is 7.92. The Kier molecular flexibility index (Phi) is 5.65. The van der Waals surface area contributed by atoms with E-state index >= 15 is 0 Å². The van der Waals surface area contributed by atoms with Crippen molar-refractivity contribution in [1.82, 2.24) is 19.9 Å². The minimum atomic E-state index is -0.0432. The highest BCUT2D eigenvalue weighted by molar-refractivity contribution is 6.30. The van der Waals surface area contributed by atoms with Gasteiger partial charge < -0.3 is 10.2 Å². The minimum Gasteiger partial charge on any atom is -0.339 e. The van der Waals surface area contributed by atoms with Gasteiger partial charge in [0.15, 0.2) is 0 Å². The molecule has 1 N–H and O–H groups in total. The molecule has 1 aliphatic rings. The number of hydrogen-bond donors (Lipinski definition) is 1. The van der Waals surface area contributed by atoms with Gasteiger partial charge in [0.2, 0.25) is 5.95 Å². The number of nitrogens with one attached hydrogen (secondary N) is 1. The Morgan fingerprint density at radius 3 is 2.55 bits per heavy atom.